The Morgan fingerprint density at radius 2 is 1.15 bits per heavy atom. The number of phosphoric ester groups is 4. The predicted molar refractivity (Wildman–Crippen MR) is 413 cm³/mol. The van der Waals surface area contributed by atoms with Crippen molar-refractivity contribution < 1.29 is 147 Å². The van der Waals surface area contributed by atoms with Gasteiger partial charge in [0.15, 0.2) is 5.78 Å². The van der Waals surface area contributed by atoms with Gasteiger partial charge < -0.3 is 89.5 Å². The Hall–Kier alpha value is -8.60. The number of carboxylic acids is 1. The number of H-pyrrole nitrogens is 2. The number of nitrogens with zero attached hydrogens (tertiary/aromatic N) is 4. The lowest BCUT2D eigenvalue weighted by Gasteiger charge is -2.27. The number of ether oxygens (including phenoxy) is 7. The van der Waals surface area contributed by atoms with Crippen molar-refractivity contribution >= 4 is 72.3 Å². The smallest absolute Gasteiger partial charge is 0.472 e. The molecule has 656 valence electrons. The molecule has 10 rings (SSSR count). The molecule has 3 aliphatic heterocycles. The van der Waals surface area contributed by atoms with Gasteiger partial charge in [0, 0.05) is 68.1 Å². The van der Waals surface area contributed by atoms with E-state index in [9.17, 15) is 101 Å². The lowest BCUT2D eigenvalue weighted by Crippen LogP contribution is -2.33. The topological polar surface area (TPSA) is 632 Å². The number of aromatic hydroxyl groups is 1. The number of allylic oxidation sites excluding steroid dienone is 5. The zero-order valence-corrected chi connectivity index (χ0v) is 67.8. The first-order valence-electron chi connectivity index (χ1n) is 37.4. The molecule has 13 atom stereocenters. The van der Waals surface area contributed by atoms with Gasteiger partial charge in [-0.15, -0.1) is 0 Å². The molecule has 5 aliphatic rings. The van der Waals surface area contributed by atoms with E-state index in [-0.39, 0.29) is 124 Å². The van der Waals surface area contributed by atoms with Crippen LogP contribution in [0.2, 0.25) is 0 Å². The van der Waals surface area contributed by atoms with Gasteiger partial charge in [0.2, 0.25) is 5.91 Å². The number of aromatic nitrogens is 6. The maximum Gasteiger partial charge on any atom is 0.472 e. The number of ketones is 1. The molecule has 0 bridgehead atoms. The summed E-state index contributed by atoms with van der Waals surface area (Å²) in [5.74, 6) is -2.63. The van der Waals surface area contributed by atoms with Crippen LogP contribution in [0.5, 0.6) is 5.75 Å². The third kappa shape index (κ3) is 27.2. The lowest BCUT2D eigenvalue weighted by molar-refractivity contribution is -0.116. The van der Waals surface area contributed by atoms with Crippen LogP contribution in [0.25, 0.3) is 11.6 Å². The zero-order chi connectivity index (χ0) is 86.5. The summed E-state index contributed by atoms with van der Waals surface area (Å²) in [6.45, 7) is -4.05. The molecule has 3 saturated heterocycles. The van der Waals surface area contributed by atoms with Crippen LogP contribution in [0, 0.1) is 6.92 Å². The number of hydrogen-bond donors (Lipinski definition) is 13. The fraction of sp³-hybridized carbons (Fsp3) is 0.493. The van der Waals surface area contributed by atoms with E-state index >= 15 is 0 Å². The number of aliphatic hydroxyl groups is 2. The first-order chi connectivity index (χ1) is 57.1. The number of phenolic OH excluding ortho intramolecular Hbond substituents is 1. The number of phosphoric acid groups is 4. The molecule has 2 aromatic carbocycles. The minimum atomic E-state index is -5.13. The molecule has 14 N–H and O–H groups in total. The fourth-order valence-corrected chi connectivity index (χ4v) is 16.2. The Balaban J connectivity index is 0.657. The summed E-state index contributed by atoms with van der Waals surface area (Å²) < 4.78 is 134. The van der Waals surface area contributed by atoms with Crippen LogP contribution in [0.1, 0.15) is 112 Å². The minimum absolute atomic E-state index is 0.0117. The van der Waals surface area contributed by atoms with Gasteiger partial charge >= 0.3 is 54.3 Å². The number of carbonyl (C=O) groups excluding carboxylic acids is 3. The van der Waals surface area contributed by atoms with Crippen LogP contribution < -0.4 is 44.6 Å². The van der Waals surface area contributed by atoms with Crippen molar-refractivity contribution in [2.75, 3.05) is 118 Å². The van der Waals surface area contributed by atoms with Crippen molar-refractivity contribution in [1.29, 1.82) is 0 Å². The normalized spacial score (nSPS) is 22.3. The van der Waals surface area contributed by atoms with Crippen LogP contribution >= 0.6 is 31.3 Å². The second-order valence-corrected chi connectivity index (χ2v) is 32.9. The number of benzene rings is 2. The van der Waals surface area contributed by atoms with Gasteiger partial charge in [0.05, 0.1) is 116 Å². The number of nitrogen functional groups attached to an aromatic ring is 1. The van der Waals surface area contributed by atoms with E-state index in [0.29, 0.717) is 60.0 Å². The average Bonchev–Trinajstić information content (AvgIpc) is 0.862. The van der Waals surface area contributed by atoms with Crippen LogP contribution in [0.4, 0.5) is 5.82 Å². The highest BCUT2D eigenvalue weighted by Gasteiger charge is 2.45. The lowest BCUT2D eigenvalue weighted by atomic mass is 9.76. The third-order valence-corrected chi connectivity index (χ3v) is 22.7. The standard InChI is InChI=1S/C71H91N9O36P4/c1-42-37-79(70(92)76-65(42)86)62-35-54(56(39-81)112-62)115-119(98,99)108-28-24-104-20-19-103-23-27-107-118(96,97)111-41-58-55(116-120(100,101)109-29-25-105-21-18-102-22-26-106-117(94,95)110-40-57-53(84)34-61(113-57)78-17-14-59(72)75-69(78)91)36-63(114-58)80-38-44(67(88)77-71(80)93)7-13-60(85)73-15-4-2-3-5-16-74-66(87)43-6-10-51(68(89)90)52(33-43)64-49-11-8-47(82)31-45(49)30-46-32-48(83)9-12-50(46)64/h6-14,17,31-33,37-38,53-58,61-63,81-82,84H,2-5,15-16,18-30,34-36,39-41H2,1H3,(H,73,85)(H,74,87)(H,89,90)(H,94,95)(H,96,97)(H,98,99)(H,100,101)(H2,72,75,91)(H,76,86,92)(H,77,88,93)/b13-7+/t53?,54?,55?,56-,57-,58-,61-,62-,63-/m1/s1. The first-order valence-corrected chi connectivity index (χ1v) is 43.4. The number of unbranched alkanes of at least 4 members (excludes halogenated alkanes) is 3. The number of fused-ring (bicyclic) bond motifs is 2. The molecule has 2 aliphatic carbocycles. The zero-order valence-electron chi connectivity index (χ0n) is 64.2. The fourth-order valence-electron chi connectivity index (χ4n) is 12.9. The number of carbonyl (C=O) groups is 4. The summed E-state index contributed by atoms with van der Waals surface area (Å²) in [5, 5.41) is 46.3. The van der Waals surface area contributed by atoms with Gasteiger partial charge in [-0.05, 0) is 114 Å². The second kappa shape index (κ2) is 43.4. The third-order valence-electron chi connectivity index (χ3n) is 18.7. The summed E-state index contributed by atoms with van der Waals surface area (Å²) in [5.41, 5.74) is 4.67. The van der Waals surface area contributed by atoms with Crippen molar-refractivity contribution in [3.63, 3.8) is 0 Å². The number of amides is 2. The molecule has 49 heteroatoms. The maximum atomic E-state index is 13.5. The molecular formula is C71H91N9O36P4. The second-order valence-electron chi connectivity index (χ2n) is 27.2. The van der Waals surface area contributed by atoms with E-state index < -0.39 is 185 Å². The minimum Gasteiger partial charge on any atom is -0.508 e. The largest absolute Gasteiger partial charge is 0.508 e. The molecule has 7 unspecified atom stereocenters. The molecule has 45 nitrogen and oxygen atoms in total. The molecule has 0 radical (unpaired) electrons. The van der Waals surface area contributed by atoms with Gasteiger partial charge in [0.25, 0.3) is 17.0 Å². The Labute approximate surface area is 680 Å². The van der Waals surface area contributed by atoms with Gasteiger partial charge in [-0.2, -0.15) is 4.98 Å². The van der Waals surface area contributed by atoms with Crippen molar-refractivity contribution in [2.24, 2.45) is 0 Å². The van der Waals surface area contributed by atoms with Gasteiger partial charge in [-0.1, -0.05) is 25.0 Å². The highest BCUT2D eigenvalue weighted by Crippen LogP contribution is 2.52. The summed E-state index contributed by atoms with van der Waals surface area (Å²) in [6, 6.07) is 10.3. The number of phenols is 1. The number of anilines is 1. The Morgan fingerprint density at radius 1 is 0.617 bits per heavy atom. The van der Waals surface area contributed by atoms with E-state index in [1.807, 2.05) is 0 Å². The molecule has 3 fully saturated rings. The van der Waals surface area contributed by atoms with Crippen molar-refractivity contribution in [2.45, 2.75) is 114 Å². The van der Waals surface area contributed by atoms with Gasteiger partial charge in [-0.3, -0.25) is 83.8 Å². The van der Waals surface area contributed by atoms with E-state index in [1.165, 1.54) is 61.8 Å². The summed E-state index contributed by atoms with van der Waals surface area (Å²) in [7, 11) is -19.6. The highest BCUT2D eigenvalue weighted by molar-refractivity contribution is 7.48. The highest BCUT2D eigenvalue weighted by atomic mass is 31.2. The Bertz CT molecular complexity index is 5140. The number of nitrogens with two attached hydrogens (primary N) is 1. The number of aromatic carboxylic acids is 1. The summed E-state index contributed by atoms with van der Waals surface area (Å²) in [6.07, 6.45) is 0.680. The van der Waals surface area contributed by atoms with Gasteiger partial charge in [-0.25, -0.2) is 37.4 Å². The monoisotopic (exact) mass is 1770 g/mol. The molecule has 3 aromatic heterocycles. The number of carboxylic acid groups (broad SMARTS) is 1. The number of hydrogen-bond acceptors (Lipinski definition) is 33. The predicted octanol–water partition coefficient (Wildman–Crippen LogP) is 1.73. The van der Waals surface area contributed by atoms with Crippen molar-refractivity contribution in [3.05, 3.63) is 188 Å². The van der Waals surface area contributed by atoms with E-state index in [2.05, 4.69) is 25.6 Å². The molecule has 0 spiro atoms. The van der Waals surface area contributed by atoms with Crippen LogP contribution in [-0.2, 0) is 104 Å². The van der Waals surface area contributed by atoms with E-state index in [4.69, 9.17) is 75.1 Å². The van der Waals surface area contributed by atoms with Gasteiger partial charge in [0.1, 0.15) is 60.8 Å². The summed E-state index contributed by atoms with van der Waals surface area (Å²) in [4.78, 5) is 164. The van der Waals surface area contributed by atoms with Crippen molar-refractivity contribution in [1.82, 2.24) is 39.3 Å². The molecule has 2 amide bonds. The van der Waals surface area contributed by atoms with E-state index in [0.717, 1.165) is 32.1 Å². The Kier molecular flexibility index (Phi) is 33.9. The molecule has 5 aromatic rings. The van der Waals surface area contributed by atoms with Crippen molar-refractivity contribution in [3.8, 4) is 5.75 Å². The molecular weight excluding hydrogens is 1680 g/mol. The average molecular weight is 1770 g/mol. The van der Waals surface area contributed by atoms with Crippen LogP contribution in [-0.4, -0.2) is 241 Å². The van der Waals surface area contributed by atoms with Crippen LogP contribution in [0.3, 0.4) is 0 Å². The summed E-state index contributed by atoms with van der Waals surface area (Å²) >= 11 is 0. The number of aryl methyl sites for hydroxylation is 1. The maximum absolute atomic E-state index is 13.5. The number of aliphatic hydroxyl groups excluding tert-OH is 2. The number of nitrogens with one attached hydrogen (secondary N) is 4. The molecule has 120 heavy (non-hydrogen) atoms. The van der Waals surface area contributed by atoms with E-state index in [1.54, 1.807) is 18.2 Å². The quantitative estimate of drug-likeness (QED) is 0.0150. The Morgan fingerprint density at radius 3 is 1.74 bits per heavy atom. The number of aromatic amines is 2. The SMILES string of the molecule is Cc1cn([C@H]2CC(OP(=O)(O)OCCOCCOCCOP(=O)(O)OC[C@H]3O[C@@H](n4cc(/C=C/C(=O)NCCCCCCNC(=O)c5ccc(C(=O)O)c(C6=C7C=CC(=O)C=C7Cc7cc(O)ccc76)c5)c(=O)[nH]c4=O)CC3OP(=O)(O)OCCOCCOCCOP(=O)(O)OC[C@H]3O[C@@H](n4ccc(N)nc4=O)CC3O)[C@@H](CO)O2)c(=O)[nH]c1=O. The first kappa shape index (κ1) is 93.7. The molecule has 0 saturated carbocycles. The molecule has 6 heterocycles. The van der Waals surface area contributed by atoms with Crippen LogP contribution in [0.15, 0.2) is 120 Å². The number of rotatable bonds is 48.